The Morgan fingerprint density at radius 1 is 1.06 bits per heavy atom. The highest BCUT2D eigenvalue weighted by atomic mass is 16.5. The largest absolute Gasteiger partial charge is 0.493 e. The minimum absolute atomic E-state index is 0.0258. The van der Waals surface area contributed by atoms with E-state index in [1.807, 2.05) is 37.3 Å². The number of rotatable bonds is 9. The molecule has 1 N–H and O–H groups in total. The Morgan fingerprint density at radius 3 is 2.16 bits per heavy atom. The summed E-state index contributed by atoms with van der Waals surface area (Å²) in [6.45, 7) is 2.59. The Labute approximate surface area is 185 Å². The molecule has 1 unspecified atom stereocenters. The van der Waals surface area contributed by atoms with E-state index in [0.29, 0.717) is 29.4 Å². The molecule has 0 aromatic heterocycles. The van der Waals surface area contributed by atoms with Gasteiger partial charge in [0.1, 0.15) is 6.10 Å². The molecule has 1 aliphatic carbocycles. The summed E-state index contributed by atoms with van der Waals surface area (Å²) in [6, 6.07) is 13.4. The fourth-order valence-electron chi connectivity index (χ4n) is 4.26. The van der Waals surface area contributed by atoms with Crippen LogP contribution in [0.1, 0.15) is 54.6 Å². The van der Waals surface area contributed by atoms with Crippen LogP contribution in [0.15, 0.2) is 42.5 Å². The van der Waals surface area contributed by atoms with Gasteiger partial charge in [-0.25, -0.2) is 0 Å². The van der Waals surface area contributed by atoms with Gasteiger partial charge in [0.2, 0.25) is 5.75 Å². The molecule has 3 rings (SSSR count). The van der Waals surface area contributed by atoms with Crippen LogP contribution in [-0.2, 0) is 0 Å². The molecule has 0 saturated heterocycles. The van der Waals surface area contributed by atoms with Crippen molar-refractivity contribution in [1.82, 2.24) is 10.2 Å². The van der Waals surface area contributed by atoms with Gasteiger partial charge >= 0.3 is 0 Å². The number of ether oxygens (including phenoxy) is 3. The third-order valence-corrected chi connectivity index (χ3v) is 6.35. The third kappa shape index (κ3) is 5.13. The summed E-state index contributed by atoms with van der Waals surface area (Å²) in [5.74, 6) is 1.27. The van der Waals surface area contributed by atoms with E-state index in [0.717, 1.165) is 18.4 Å². The average molecular weight is 427 g/mol. The molecule has 2 aromatic rings. The molecule has 1 fully saturated rings. The second kappa shape index (κ2) is 10.1. The number of hydrogen-bond acceptors (Lipinski definition) is 5. The topological polar surface area (TPSA) is 60.0 Å². The van der Waals surface area contributed by atoms with Gasteiger partial charge in [-0.15, -0.1) is 0 Å². The maximum atomic E-state index is 13.0. The molecule has 2 aromatic carbocycles. The number of nitrogens with zero attached hydrogens (tertiary/aromatic N) is 1. The van der Waals surface area contributed by atoms with Gasteiger partial charge in [-0.2, -0.15) is 0 Å². The Balaban J connectivity index is 1.80. The van der Waals surface area contributed by atoms with Crippen molar-refractivity contribution in [3.8, 4) is 17.2 Å². The predicted molar refractivity (Wildman–Crippen MR) is 122 cm³/mol. The van der Waals surface area contributed by atoms with Gasteiger partial charge in [0.05, 0.1) is 14.2 Å². The highest BCUT2D eigenvalue weighted by molar-refractivity contribution is 5.95. The number of amides is 1. The molecule has 0 aliphatic heterocycles. The smallest absolute Gasteiger partial charge is 0.251 e. The van der Waals surface area contributed by atoms with Crippen LogP contribution in [0.25, 0.3) is 0 Å². The van der Waals surface area contributed by atoms with Crippen LogP contribution in [0, 0.1) is 0 Å². The molecule has 0 bridgehead atoms. The van der Waals surface area contributed by atoms with Crippen molar-refractivity contribution in [3.63, 3.8) is 0 Å². The van der Waals surface area contributed by atoms with E-state index < -0.39 is 0 Å². The predicted octanol–water partition coefficient (Wildman–Crippen LogP) is 4.45. The highest BCUT2D eigenvalue weighted by Crippen LogP contribution is 2.41. The van der Waals surface area contributed by atoms with Crippen molar-refractivity contribution in [2.45, 2.75) is 44.2 Å². The van der Waals surface area contributed by atoms with Crippen LogP contribution in [0.3, 0.4) is 0 Å². The molecule has 1 amide bonds. The number of nitrogens with one attached hydrogen (secondary N) is 1. The Kier molecular flexibility index (Phi) is 7.44. The Hall–Kier alpha value is -2.73. The van der Waals surface area contributed by atoms with Crippen molar-refractivity contribution < 1.29 is 19.0 Å². The van der Waals surface area contributed by atoms with E-state index >= 15 is 0 Å². The van der Waals surface area contributed by atoms with Gasteiger partial charge in [0.15, 0.2) is 11.5 Å². The first kappa shape index (κ1) is 22.9. The summed E-state index contributed by atoms with van der Waals surface area (Å²) < 4.78 is 17.3. The molecule has 1 atom stereocenters. The molecule has 6 nitrogen and oxygen atoms in total. The fourth-order valence-corrected chi connectivity index (χ4v) is 4.26. The SMILES string of the molecule is COc1cc(C(=O)NCC2(N(C)C)CCCC2)cc(OC)c1OC(C)c1ccccc1. The zero-order valence-corrected chi connectivity index (χ0v) is 19.2. The summed E-state index contributed by atoms with van der Waals surface area (Å²) in [5, 5.41) is 3.12. The molecule has 31 heavy (non-hydrogen) atoms. The molecule has 1 saturated carbocycles. The monoisotopic (exact) mass is 426 g/mol. The van der Waals surface area contributed by atoms with E-state index in [1.54, 1.807) is 26.4 Å². The zero-order valence-electron chi connectivity index (χ0n) is 19.2. The Morgan fingerprint density at radius 2 is 1.65 bits per heavy atom. The van der Waals surface area contributed by atoms with Crippen molar-refractivity contribution in [2.24, 2.45) is 0 Å². The maximum Gasteiger partial charge on any atom is 0.251 e. The van der Waals surface area contributed by atoms with Crippen LogP contribution >= 0.6 is 0 Å². The number of hydrogen-bond donors (Lipinski definition) is 1. The lowest BCUT2D eigenvalue weighted by atomic mass is 9.96. The molecular formula is C25H34N2O4. The van der Waals surface area contributed by atoms with Gasteiger partial charge in [-0.1, -0.05) is 43.2 Å². The molecule has 1 aliphatic rings. The Bertz CT molecular complexity index is 851. The molecule has 168 valence electrons. The first-order chi connectivity index (χ1) is 14.9. The lowest BCUT2D eigenvalue weighted by Crippen LogP contribution is -2.50. The lowest BCUT2D eigenvalue weighted by molar-refractivity contribution is 0.0899. The van der Waals surface area contributed by atoms with E-state index in [2.05, 4.69) is 24.3 Å². The second-order valence-corrected chi connectivity index (χ2v) is 8.39. The van der Waals surface area contributed by atoms with Gasteiger partial charge in [0.25, 0.3) is 5.91 Å². The number of methoxy groups -OCH3 is 2. The standard InChI is InChI=1S/C25H34N2O4/c1-18(19-11-7-6-8-12-19)31-23-21(29-4)15-20(16-22(23)30-5)24(28)26-17-25(27(2)3)13-9-10-14-25/h6-8,11-12,15-16,18H,9-10,13-14,17H2,1-5H3,(H,26,28). The summed E-state index contributed by atoms with van der Waals surface area (Å²) in [6.07, 6.45) is 4.38. The van der Waals surface area contributed by atoms with E-state index in [-0.39, 0.29) is 17.6 Å². The normalized spacial score (nSPS) is 16.1. The molecule has 0 spiro atoms. The summed E-state index contributed by atoms with van der Waals surface area (Å²) >= 11 is 0. The number of likely N-dealkylation sites (N-methyl/N-ethyl adjacent to an activating group) is 1. The third-order valence-electron chi connectivity index (χ3n) is 6.35. The van der Waals surface area contributed by atoms with Crippen LogP contribution < -0.4 is 19.5 Å². The van der Waals surface area contributed by atoms with Crippen LogP contribution in [0.2, 0.25) is 0 Å². The van der Waals surface area contributed by atoms with Gasteiger partial charge < -0.3 is 24.4 Å². The highest BCUT2D eigenvalue weighted by Gasteiger charge is 2.36. The summed E-state index contributed by atoms with van der Waals surface area (Å²) in [7, 11) is 7.30. The van der Waals surface area contributed by atoms with Crippen molar-refractivity contribution >= 4 is 5.91 Å². The van der Waals surface area contributed by atoms with Crippen molar-refractivity contribution in [1.29, 1.82) is 0 Å². The summed E-state index contributed by atoms with van der Waals surface area (Å²) in [5.41, 5.74) is 1.55. The van der Waals surface area contributed by atoms with Gasteiger partial charge in [-0.05, 0) is 51.6 Å². The number of carbonyl (C=O) groups excluding carboxylic acids is 1. The maximum absolute atomic E-state index is 13.0. The minimum atomic E-state index is -0.203. The first-order valence-corrected chi connectivity index (χ1v) is 10.8. The second-order valence-electron chi connectivity index (χ2n) is 8.39. The van der Waals surface area contributed by atoms with Crippen LogP contribution in [0.5, 0.6) is 17.2 Å². The quantitative estimate of drug-likeness (QED) is 0.642. The first-order valence-electron chi connectivity index (χ1n) is 10.8. The van der Waals surface area contributed by atoms with E-state index in [1.165, 1.54) is 12.8 Å². The van der Waals surface area contributed by atoms with Crippen LogP contribution in [-0.4, -0.2) is 51.2 Å². The lowest BCUT2D eigenvalue weighted by Gasteiger charge is -2.36. The van der Waals surface area contributed by atoms with Crippen molar-refractivity contribution in [2.75, 3.05) is 34.9 Å². The summed E-state index contributed by atoms with van der Waals surface area (Å²) in [4.78, 5) is 15.2. The van der Waals surface area contributed by atoms with Crippen molar-refractivity contribution in [3.05, 3.63) is 53.6 Å². The van der Waals surface area contributed by atoms with Gasteiger partial charge in [-0.3, -0.25) is 4.79 Å². The fraction of sp³-hybridized carbons (Fsp3) is 0.480. The minimum Gasteiger partial charge on any atom is -0.493 e. The van der Waals surface area contributed by atoms with E-state index in [9.17, 15) is 4.79 Å². The molecular weight excluding hydrogens is 392 g/mol. The zero-order chi connectivity index (χ0) is 22.4. The number of carbonyl (C=O) groups is 1. The van der Waals surface area contributed by atoms with Crippen LogP contribution in [0.4, 0.5) is 0 Å². The molecule has 0 radical (unpaired) electrons. The molecule has 6 heteroatoms. The van der Waals surface area contributed by atoms with E-state index in [4.69, 9.17) is 14.2 Å². The molecule has 0 heterocycles. The average Bonchev–Trinajstić information content (AvgIpc) is 3.28. The van der Waals surface area contributed by atoms with Gasteiger partial charge in [0, 0.05) is 17.6 Å². The number of benzene rings is 2.